The lowest BCUT2D eigenvalue weighted by atomic mass is 9.99. The van der Waals surface area contributed by atoms with Gasteiger partial charge in [0.2, 0.25) is 5.91 Å². The molecule has 1 aromatic rings. The molecule has 1 aromatic heterocycles. The molecule has 0 unspecified atom stereocenters. The van der Waals surface area contributed by atoms with Crippen LogP contribution in [-0.2, 0) is 4.79 Å². The lowest BCUT2D eigenvalue weighted by Crippen LogP contribution is -2.48. The zero-order chi connectivity index (χ0) is 13.2. The fourth-order valence-electron chi connectivity index (χ4n) is 1.81. The molecule has 0 saturated carbocycles. The van der Waals surface area contributed by atoms with Gasteiger partial charge in [-0.1, -0.05) is 0 Å². The Labute approximate surface area is 123 Å². The number of hydrogen-bond donors (Lipinski definition) is 1. The van der Waals surface area contributed by atoms with E-state index in [1.165, 1.54) is 0 Å². The van der Waals surface area contributed by atoms with E-state index in [0.717, 1.165) is 20.8 Å². The predicted molar refractivity (Wildman–Crippen MR) is 78.9 cm³/mol. The van der Waals surface area contributed by atoms with E-state index in [2.05, 4.69) is 27.3 Å². The first-order chi connectivity index (χ1) is 8.56. The van der Waals surface area contributed by atoms with Crippen LogP contribution in [0.15, 0.2) is 15.9 Å². The molecule has 0 aliphatic carbocycles. The summed E-state index contributed by atoms with van der Waals surface area (Å²) in [7, 11) is 0. The average Bonchev–Trinajstić information content (AvgIpc) is 2.98. The van der Waals surface area contributed by atoms with Crippen LogP contribution < -0.4 is 5.32 Å². The molecule has 3 nitrogen and oxygen atoms in total. The standard InChI is InChI=1S/C12H13BrN2OS2/c1-8(9-2-3-10(13)18-9)11(16)15-12(6-14)4-5-17-7-12/h2-3,8H,4-5,7H2,1H3,(H,15,16)/t8-,12-/m1/s1. The first-order valence-corrected chi connectivity index (χ1v) is 8.39. The van der Waals surface area contributed by atoms with Gasteiger partial charge < -0.3 is 5.32 Å². The van der Waals surface area contributed by atoms with Crippen LogP contribution in [-0.4, -0.2) is 23.0 Å². The monoisotopic (exact) mass is 344 g/mol. The van der Waals surface area contributed by atoms with E-state index in [1.807, 2.05) is 19.1 Å². The van der Waals surface area contributed by atoms with Crippen molar-refractivity contribution in [3.05, 3.63) is 20.8 Å². The Bertz CT molecular complexity index is 489. The van der Waals surface area contributed by atoms with E-state index >= 15 is 0 Å². The molecule has 2 atom stereocenters. The van der Waals surface area contributed by atoms with Gasteiger partial charge in [0.05, 0.1) is 15.8 Å². The third-order valence-corrected chi connectivity index (χ3v) is 6.01. The molecule has 1 fully saturated rings. The number of carbonyl (C=O) groups is 1. The maximum Gasteiger partial charge on any atom is 0.229 e. The molecule has 1 aliphatic rings. The van der Waals surface area contributed by atoms with Crippen LogP contribution in [0.2, 0.25) is 0 Å². The zero-order valence-electron chi connectivity index (χ0n) is 9.90. The summed E-state index contributed by atoms with van der Waals surface area (Å²) in [4.78, 5) is 13.2. The van der Waals surface area contributed by atoms with Crippen molar-refractivity contribution in [2.45, 2.75) is 24.8 Å². The van der Waals surface area contributed by atoms with Gasteiger partial charge in [-0.15, -0.1) is 11.3 Å². The van der Waals surface area contributed by atoms with Gasteiger partial charge in [-0.2, -0.15) is 17.0 Å². The maximum atomic E-state index is 12.2. The number of thioether (sulfide) groups is 1. The summed E-state index contributed by atoms with van der Waals surface area (Å²) in [6.45, 7) is 1.88. The molecular weight excluding hydrogens is 332 g/mol. The van der Waals surface area contributed by atoms with Crippen molar-refractivity contribution in [1.82, 2.24) is 5.32 Å². The zero-order valence-corrected chi connectivity index (χ0v) is 13.1. The second-order valence-corrected chi connectivity index (χ2v) is 7.95. The highest BCUT2D eigenvalue weighted by molar-refractivity contribution is 9.11. The fourth-order valence-corrected chi connectivity index (χ4v) is 4.55. The third kappa shape index (κ3) is 2.90. The molecule has 1 N–H and O–H groups in total. The first-order valence-electron chi connectivity index (χ1n) is 5.62. The van der Waals surface area contributed by atoms with E-state index in [1.54, 1.807) is 23.1 Å². The van der Waals surface area contributed by atoms with E-state index in [4.69, 9.17) is 0 Å². The smallest absolute Gasteiger partial charge is 0.229 e. The lowest BCUT2D eigenvalue weighted by Gasteiger charge is -2.23. The van der Waals surface area contributed by atoms with Gasteiger partial charge in [-0.25, -0.2) is 0 Å². The molecule has 0 bridgehead atoms. The number of carbonyl (C=O) groups excluding carboxylic acids is 1. The average molecular weight is 345 g/mol. The van der Waals surface area contributed by atoms with Crippen LogP contribution in [0.1, 0.15) is 24.1 Å². The Morgan fingerprint density at radius 2 is 2.44 bits per heavy atom. The lowest BCUT2D eigenvalue weighted by molar-refractivity contribution is -0.123. The highest BCUT2D eigenvalue weighted by Crippen LogP contribution is 2.31. The summed E-state index contributed by atoms with van der Waals surface area (Å²) in [5, 5.41) is 12.2. The Balaban J connectivity index is 2.06. The van der Waals surface area contributed by atoms with Crippen LogP contribution >= 0.6 is 39.0 Å². The molecule has 2 rings (SSSR count). The largest absolute Gasteiger partial charge is 0.337 e. The normalized spacial score (nSPS) is 24.5. The second kappa shape index (κ2) is 5.64. The number of halogens is 1. The number of nitrogens with zero attached hydrogens (tertiary/aromatic N) is 1. The molecule has 96 valence electrons. The van der Waals surface area contributed by atoms with Crippen LogP contribution in [0.25, 0.3) is 0 Å². The minimum absolute atomic E-state index is 0.0617. The molecule has 1 amide bonds. The number of thiophene rings is 1. The summed E-state index contributed by atoms with van der Waals surface area (Å²) < 4.78 is 1.02. The highest BCUT2D eigenvalue weighted by atomic mass is 79.9. The van der Waals surface area contributed by atoms with Crippen molar-refractivity contribution in [3.63, 3.8) is 0 Å². The van der Waals surface area contributed by atoms with E-state index < -0.39 is 5.54 Å². The molecule has 6 heteroatoms. The summed E-state index contributed by atoms with van der Waals surface area (Å²) >= 11 is 6.67. The SMILES string of the molecule is C[C@@H](C(=O)N[C@@]1(C#N)CCSC1)c1ccc(Br)s1. The number of amides is 1. The van der Waals surface area contributed by atoms with Crippen LogP contribution in [0, 0.1) is 11.3 Å². The number of hydrogen-bond acceptors (Lipinski definition) is 4. The van der Waals surface area contributed by atoms with E-state index in [9.17, 15) is 10.1 Å². The van der Waals surface area contributed by atoms with Gasteiger partial charge >= 0.3 is 0 Å². The van der Waals surface area contributed by atoms with Crippen molar-refractivity contribution in [2.24, 2.45) is 0 Å². The van der Waals surface area contributed by atoms with E-state index in [0.29, 0.717) is 5.75 Å². The molecule has 2 heterocycles. The van der Waals surface area contributed by atoms with Crippen molar-refractivity contribution in [1.29, 1.82) is 5.26 Å². The van der Waals surface area contributed by atoms with Gasteiger partial charge in [0.15, 0.2) is 0 Å². The topological polar surface area (TPSA) is 52.9 Å². The molecule has 0 radical (unpaired) electrons. The van der Waals surface area contributed by atoms with Crippen LogP contribution in [0.4, 0.5) is 0 Å². The number of nitrogens with one attached hydrogen (secondary N) is 1. The van der Waals surface area contributed by atoms with Crippen molar-refractivity contribution >= 4 is 44.9 Å². The summed E-state index contributed by atoms with van der Waals surface area (Å²) in [6.07, 6.45) is 0.737. The minimum atomic E-state index is -0.662. The van der Waals surface area contributed by atoms with Gasteiger partial charge in [0, 0.05) is 10.6 Å². The second-order valence-electron chi connectivity index (χ2n) is 4.35. The fraction of sp³-hybridized carbons (Fsp3) is 0.500. The van der Waals surface area contributed by atoms with Crippen molar-refractivity contribution < 1.29 is 4.79 Å². The molecule has 0 spiro atoms. The summed E-state index contributed by atoms with van der Waals surface area (Å²) in [5.41, 5.74) is -0.662. The quantitative estimate of drug-likeness (QED) is 0.916. The van der Waals surface area contributed by atoms with Gasteiger partial charge in [0.25, 0.3) is 0 Å². The van der Waals surface area contributed by atoms with Crippen LogP contribution in [0.3, 0.4) is 0 Å². The highest BCUT2D eigenvalue weighted by Gasteiger charge is 2.37. The molecular formula is C12H13BrN2OS2. The van der Waals surface area contributed by atoms with Crippen LogP contribution in [0.5, 0.6) is 0 Å². The number of nitriles is 1. The summed E-state index contributed by atoms with van der Waals surface area (Å²) in [5.74, 6) is 1.36. The predicted octanol–water partition coefficient (Wildman–Crippen LogP) is 3.13. The molecule has 0 aromatic carbocycles. The maximum absolute atomic E-state index is 12.2. The van der Waals surface area contributed by atoms with Crippen molar-refractivity contribution in [2.75, 3.05) is 11.5 Å². The van der Waals surface area contributed by atoms with Gasteiger partial charge in [0.1, 0.15) is 5.54 Å². The Morgan fingerprint density at radius 3 is 2.94 bits per heavy atom. The van der Waals surface area contributed by atoms with E-state index in [-0.39, 0.29) is 11.8 Å². The summed E-state index contributed by atoms with van der Waals surface area (Å²) in [6, 6.07) is 6.15. The van der Waals surface area contributed by atoms with Gasteiger partial charge in [-0.05, 0) is 47.2 Å². The Hall–Kier alpha value is -0.510. The Kier molecular flexibility index (Phi) is 4.36. The first kappa shape index (κ1) is 13.9. The molecule has 1 aliphatic heterocycles. The minimum Gasteiger partial charge on any atom is -0.337 e. The Morgan fingerprint density at radius 1 is 1.67 bits per heavy atom. The molecule has 1 saturated heterocycles. The number of rotatable bonds is 3. The third-order valence-electron chi connectivity index (χ3n) is 3.01. The molecule has 18 heavy (non-hydrogen) atoms. The van der Waals surface area contributed by atoms with Gasteiger partial charge in [-0.3, -0.25) is 4.79 Å². The van der Waals surface area contributed by atoms with Crippen molar-refractivity contribution in [3.8, 4) is 6.07 Å².